The molecule has 110 valence electrons. The lowest BCUT2D eigenvalue weighted by atomic mass is 9.88. The number of carbonyl (C=O) groups is 1. The molecule has 2 rings (SSSR count). The Morgan fingerprint density at radius 2 is 2.00 bits per heavy atom. The maximum Gasteiger partial charge on any atom is 0.404 e. The Labute approximate surface area is 119 Å². The van der Waals surface area contributed by atoms with E-state index in [0.717, 1.165) is 12.8 Å². The summed E-state index contributed by atoms with van der Waals surface area (Å²) in [6.45, 7) is 2.07. The summed E-state index contributed by atoms with van der Waals surface area (Å²) in [4.78, 5) is 10.6. The Balaban J connectivity index is 1.87. The second kappa shape index (κ2) is 6.72. The van der Waals surface area contributed by atoms with Gasteiger partial charge in [0.15, 0.2) is 0 Å². The van der Waals surface area contributed by atoms with Crippen molar-refractivity contribution in [1.29, 1.82) is 0 Å². The fourth-order valence-electron chi connectivity index (χ4n) is 2.81. The van der Waals surface area contributed by atoms with Gasteiger partial charge in [0.05, 0.1) is 6.10 Å². The molecule has 1 fully saturated rings. The van der Waals surface area contributed by atoms with Gasteiger partial charge in [-0.3, -0.25) is 0 Å². The van der Waals surface area contributed by atoms with Gasteiger partial charge in [0, 0.05) is 18.1 Å². The van der Waals surface area contributed by atoms with Gasteiger partial charge in [0.1, 0.15) is 0 Å². The van der Waals surface area contributed by atoms with Gasteiger partial charge in [-0.2, -0.15) is 0 Å². The van der Waals surface area contributed by atoms with Crippen molar-refractivity contribution >= 4 is 6.09 Å². The highest BCUT2D eigenvalue weighted by Crippen LogP contribution is 2.22. The number of rotatable bonds is 4. The molecule has 0 unspecified atom stereocenters. The Morgan fingerprint density at radius 1 is 1.30 bits per heavy atom. The van der Waals surface area contributed by atoms with Crippen LogP contribution in [-0.4, -0.2) is 34.5 Å². The zero-order valence-electron chi connectivity index (χ0n) is 11.6. The third-order valence-electron chi connectivity index (χ3n) is 3.91. The SMILES string of the molecule is C[C@H](N[C@@H]1CC[C@@H](NC(=O)O)C[C@H]1O)c1ccccc1. The van der Waals surface area contributed by atoms with E-state index in [1.165, 1.54) is 5.56 Å². The van der Waals surface area contributed by atoms with Crippen molar-refractivity contribution < 1.29 is 15.0 Å². The first-order valence-electron chi connectivity index (χ1n) is 7.04. The minimum absolute atomic E-state index is 0.0112. The lowest BCUT2D eigenvalue weighted by Gasteiger charge is -2.35. The van der Waals surface area contributed by atoms with Crippen LogP contribution in [0.2, 0.25) is 0 Å². The molecule has 5 heteroatoms. The van der Waals surface area contributed by atoms with Crippen LogP contribution in [0, 0.1) is 0 Å². The Hall–Kier alpha value is -1.59. The van der Waals surface area contributed by atoms with E-state index >= 15 is 0 Å². The van der Waals surface area contributed by atoms with E-state index in [1.807, 2.05) is 18.2 Å². The van der Waals surface area contributed by atoms with Gasteiger partial charge < -0.3 is 20.8 Å². The zero-order chi connectivity index (χ0) is 14.5. The van der Waals surface area contributed by atoms with E-state index < -0.39 is 12.2 Å². The maximum absolute atomic E-state index is 10.6. The summed E-state index contributed by atoms with van der Waals surface area (Å²) in [6, 6.07) is 10.1. The first-order chi connectivity index (χ1) is 9.56. The largest absolute Gasteiger partial charge is 0.465 e. The lowest BCUT2D eigenvalue weighted by Crippen LogP contribution is -2.50. The molecule has 1 amide bonds. The van der Waals surface area contributed by atoms with Gasteiger partial charge in [-0.05, 0) is 31.7 Å². The summed E-state index contributed by atoms with van der Waals surface area (Å²) >= 11 is 0. The first-order valence-corrected chi connectivity index (χ1v) is 7.04. The van der Waals surface area contributed by atoms with Crippen LogP contribution in [0.15, 0.2) is 30.3 Å². The molecule has 20 heavy (non-hydrogen) atoms. The van der Waals surface area contributed by atoms with Crippen molar-refractivity contribution in [1.82, 2.24) is 10.6 Å². The van der Waals surface area contributed by atoms with E-state index in [1.54, 1.807) is 0 Å². The van der Waals surface area contributed by atoms with E-state index in [0.29, 0.717) is 6.42 Å². The van der Waals surface area contributed by atoms with E-state index in [2.05, 4.69) is 29.7 Å². The quantitative estimate of drug-likeness (QED) is 0.678. The van der Waals surface area contributed by atoms with E-state index in [4.69, 9.17) is 5.11 Å². The molecule has 0 aromatic heterocycles. The molecule has 1 saturated carbocycles. The van der Waals surface area contributed by atoms with Crippen molar-refractivity contribution in [3.05, 3.63) is 35.9 Å². The van der Waals surface area contributed by atoms with Crippen LogP contribution in [0.1, 0.15) is 37.8 Å². The fourth-order valence-corrected chi connectivity index (χ4v) is 2.81. The van der Waals surface area contributed by atoms with Gasteiger partial charge in [-0.1, -0.05) is 30.3 Å². The standard InChI is InChI=1S/C15H22N2O3/c1-10(11-5-3-2-4-6-11)16-13-8-7-12(9-14(13)18)17-15(19)20/h2-6,10,12-14,16-18H,7-9H2,1H3,(H,19,20)/t10-,12+,13+,14+/m0/s1. The van der Waals surface area contributed by atoms with Gasteiger partial charge in [0.2, 0.25) is 0 Å². The van der Waals surface area contributed by atoms with Crippen LogP contribution in [0.3, 0.4) is 0 Å². The van der Waals surface area contributed by atoms with Crippen molar-refractivity contribution in [3.63, 3.8) is 0 Å². The number of benzene rings is 1. The van der Waals surface area contributed by atoms with Crippen molar-refractivity contribution in [2.24, 2.45) is 0 Å². The lowest BCUT2D eigenvalue weighted by molar-refractivity contribution is 0.0704. The number of amides is 1. The third-order valence-corrected chi connectivity index (χ3v) is 3.91. The van der Waals surface area contributed by atoms with Crippen molar-refractivity contribution in [2.45, 2.75) is 50.4 Å². The van der Waals surface area contributed by atoms with Gasteiger partial charge in [-0.15, -0.1) is 0 Å². The summed E-state index contributed by atoms with van der Waals surface area (Å²) in [5, 5.41) is 24.7. The molecule has 4 atom stereocenters. The molecule has 0 aliphatic heterocycles. The van der Waals surface area contributed by atoms with Gasteiger partial charge in [0.25, 0.3) is 0 Å². The molecule has 0 spiro atoms. The van der Waals surface area contributed by atoms with Crippen LogP contribution < -0.4 is 10.6 Å². The molecule has 0 radical (unpaired) electrons. The number of aliphatic hydroxyl groups excluding tert-OH is 1. The second-order valence-electron chi connectivity index (χ2n) is 5.43. The number of aliphatic hydroxyl groups is 1. The monoisotopic (exact) mass is 278 g/mol. The molecular formula is C15H22N2O3. The normalized spacial score (nSPS) is 27.8. The summed E-state index contributed by atoms with van der Waals surface area (Å²) in [7, 11) is 0. The van der Waals surface area contributed by atoms with Crippen LogP contribution in [-0.2, 0) is 0 Å². The maximum atomic E-state index is 10.6. The summed E-state index contributed by atoms with van der Waals surface area (Å²) < 4.78 is 0. The minimum Gasteiger partial charge on any atom is -0.465 e. The predicted molar refractivity (Wildman–Crippen MR) is 76.6 cm³/mol. The molecular weight excluding hydrogens is 256 g/mol. The van der Waals surface area contributed by atoms with Crippen LogP contribution in [0.25, 0.3) is 0 Å². The number of hydrogen-bond acceptors (Lipinski definition) is 3. The average molecular weight is 278 g/mol. The zero-order valence-corrected chi connectivity index (χ0v) is 11.6. The average Bonchev–Trinajstić information content (AvgIpc) is 2.42. The number of carboxylic acid groups (broad SMARTS) is 1. The summed E-state index contributed by atoms with van der Waals surface area (Å²) in [5.74, 6) is 0. The summed E-state index contributed by atoms with van der Waals surface area (Å²) in [6.07, 6.45) is 0.440. The Morgan fingerprint density at radius 3 is 2.60 bits per heavy atom. The second-order valence-corrected chi connectivity index (χ2v) is 5.43. The number of hydrogen-bond donors (Lipinski definition) is 4. The smallest absolute Gasteiger partial charge is 0.404 e. The molecule has 1 aliphatic carbocycles. The third kappa shape index (κ3) is 3.95. The van der Waals surface area contributed by atoms with Crippen LogP contribution in [0.4, 0.5) is 4.79 Å². The Bertz CT molecular complexity index is 438. The topological polar surface area (TPSA) is 81.6 Å². The number of nitrogens with one attached hydrogen (secondary N) is 2. The molecule has 1 aliphatic rings. The molecule has 4 N–H and O–H groups in total. The molecule has 0 heterocycles. The highest BCUT2D eigenvalue weighted by molar-refractivity contribution is 5.64. The Kier molecular flexibility index (Phi) is 4.98. The van der Waals surface area contributed by atoms with Gasteiger partial charge >= 0.3 is 6.09 Å². The molecule has 0 bridgehead atoms. The van der Waals surface area contributed by atoms with Crippen molar-refractivity contribution in [2.75, 3.05) is 0 Å². The molecule has 0 saturated heterocycles. The van der Waals surface area contributed by atoms with Crippen LogP contribution >= 0.6 is 0 Å². The first kappa shape index (κ1) is 14.8. The van der Waals surface area contributed by atoms with Crippen LogP contribution in [0.5, 0.6) is 0 Å². The van der Waals surface area contributed by atoms with E-state index in [-0.39, 0.29) is 18.1 Å². The summed E-state index contributed by atoms with van der Waals surface area (Å²) in [5.41, 5.74) is 1.19. The predicted octanol–water partition coefficient (Wildman–Crippen LogP) is 1.89. The van der Waals surface area contributed by atoms with Crippen molar-refractivity contribution in [3.8, 4) is 0 Å². The van der Waals surface area contributed by atoms with Gasteiger partial charge in [-0.25, -0.2) is 4.79 Å². The molecule has 1 aromatic rings. The fraction of sp³-hybridized carbons (Fsp3) is 0.533. The molecule has 1 aromatic carbocycles. The highest BCUT2D eigenvalue weighted by atomic mass is 16.4. The minimum atomic E-state index is -1.02. The van der Waals surface area contributed by atoms with E-state index in [9.17, 15) is 9.90 Å². The highest BCUT2D eigenvalue weighted by Gasteiger charge is 2.30. The molecule has 5 nitrogen and oxygen atoms in total.